The van der Waals surface area contributed by atoms with E-state index in [-0.39, 0.29) is 0 Å². The van der Waals surface area contributed by atoms with E-state index in [1.165, 1.54) is 0 Å². The molecule has 0 fully saturated rings. The average molecular weight is 130 g/mol. The number of hydrogen-bond acceptors (Lipinski definition) is 0. The van der Waals surface area contributed by atoms with Crippen LogP contribution in [0.3, 0.4) is 0 Å². The van der Waals surface area contributed by atoms with Crippen molar-refractivity contribution in [1.82, 2.24) is 0 Å². The molecule has 0 amide bonds. The molecule has 0 atom stereocenters. The number of rotatable bonds is 2. The lowest BCUT2D eigenvalue weighted by Crippen LogP contribution is -1.79. The fraction of sp³-hybridized carbons (Fsp3) is 0.200. The van der Waals surface area contributed by atoms with E-state index < -0.39 is 0 Å². The molecule has 0 saturated carbocycles. The molecule has 50 valence electrons. The third-order valence-electron chi connectivity index (χ3n) is 1.46. The molecule has 1 rings (SSSR count). The maximum atomic E-state index is 3.05. The first kappa shape index (κ1) is 7.33. The van der Waals surface area contributed by atoms with Crippen LogP contribution in [0.4, 0.5) is 0 Å². The summed E-state index contributed by atoms with van der Waals surface area (Å²) in [6.07, 6.45) is 6.10. The lowest BCUT2D eigenvalue weighted by atomic mass is 10.1. The van der Waals surface area contributed by atoms with Crippen LogP contribution in [-0.4, -0.2) is 0 Å². The summed E-state index contributed by atoms with van der Waals surface area (Å²) in [7, 11) is 0. The first-order valence-corrected chi connectivity index (χ1v) is 3.32. The second kappa shape index (κ2) is 3.40. The van der Waals surface area contributed by atoms with Crippen LogP contribution in [0.15, 0.2) is 24.3 Å². The van der Waals surface area contributed by atoms with Gasteiger partial charge in [0.1, 0.15) is 0 Å². The second-order valence-corrected chi connectivity index (χ2v) is 2.08. The summed E-state index contributed by atoms with van der Waals surface area (Å²) in [4.78, 5) is 0. The Morgan fingerprint density at radius 2 is 1.10 bits per heavy atom. The van der Waals surface area contributed by atoms with Gasteiger partial charge in [-0.25, -0.2) is 0 Å². The van der Waals surface area contributed by atoms with Gasteiger partial charge in [-0.1, -0.05) is 38.1 Å². The van der Waals surface area contributed by atoms with Crippen molar-refractivity contribution in [3.8, 4) is 0 Å². The van der Waals surface area contributed by atoms with Gasteiger partial charge in [0.05, 0.1) is 0 Å². The van der Waals surface area contributed by atoms with Gasteiger partial charge in [0, 0.05) is 12.8 Å². The highest BCUT2D eigenvalue weighted by molar-refractivity contribution is 5.29. The third-order valence-corrected chi connectivity index (χ3v) is 1.46. The molecule has 0 aliphatic carbocycles. The van der Waals surface area contributed by atoms with Crippen molar-refractivity contribution in [3.05, 3.63) is 48.2 Å². The van der Waals surface area contributed by atoms with Crippen LogP contribution in [0.2, 0.25) is 0 Å². The summed E-state index contributed by atoms with van der Waals surface area (Å²) in [5.41, 5.74) is 2.28. The molecule has 10 heavy (non-hydrogen) atoms. The minimum atomic E-state index is 1.14. The van der Waals surface area contributed by atoms with Crippen molar-refractivity contribution in [2.45, 2.75) is 13.8 Å². The Labute approximate surface area is 62.9 Å². The Morgan fingerprint density at radius 1 is 0.800 bits per heavy atom. The highest BCUT2D eigenvalue weighted by Gasteiger charge is 1.89. The Hall–Kier alpha value is -0.780. The molecule has 0 bridgehead atoms. The molecule has 0 aromatic heterocycles. The van der Waals surface area contributed by atoms with Gasteiger partial charge in [-0.3, -0.25) is 0 Å². The predicted molar refractivity (Wildman–Crippen MR) is 42.5 cm³/mol. The van der Waals surface area contributed by atoms with Crippen molar-refractivity contribution in [1.29, 1.82) is 0 Å². The smallest absolute Gasteiger partial charge is 0.0131 e. The van der Waals surface area contributed by atoms with E-state index in [0.717, 1.165) is 11.1 Å². The molecule has 1 aromatic rings. The van der Waals surface area contributed by atoms with Crippen molar-refractivity contribution in [2.75, 3.05) is 0 Å². The molecule has 0 spiro atoms. The van der Waals surface area contributed by atoms with Gasteiger partial charge in [0.2, 0.25) is 0 Å². The summed E-state index contributed by atoms with van der Waals surface area (Å²) in [5, 5.41) is 0. The highest BCUT2D eigenvalue weighted by Crippen LogP contribution is 2.06. The van der Waals surface area contributed by atoms with Crippen molar-refractivity contribution in [3.63, 3.8) is 0 Å². The molecule has 0 aliphatic rings. The van der Waals surface area contributed by atoms with Crippen molar-refractivity contribution >= 4 is 0 Å². The van der Waals surface area contributed by atoms with E-state index in [0.29, 0.717) is 0 Å². The Kier molecular flexibility index (Phi) is 2.49. The van der Waals surface area contributed by atoms with E-state index >= 15 is 0 Å². The summed E-state index contributed by atoms with van der Waals surface area (Å²) in [5.74, 6) is 0. The predicted octanol–water partition coefficient (Wildman–Crippen LogP) is 2.59. The van der Waals surface area contributed by atoms with E-state index in [2.05, 4.69) is 12.8 Å². The maximum absolute atomic E-state index is 3.05. The summed E-state index contributed by atoms with van der Waals surface area (Å²) in [6.45, 7) is 3.82. The SMILES string of the molecule is C[C]c1ccc([C]C)cc1. The van der Waals surface area contributed by atoms with Crippen LogP contribution in [0, 0.1) is 12.8 Å². The molecule has 1 aromatic carbocycles. The van der Waals surface area contributed by atoms with Crippen LogP contribution in [0.1, 0.15) is 25.0 Å². The first-order valence-electron chi connectivity index (χ1n) is 3.32. The Morgan fingerprint density at radius 3 is 1.30 bits per heavy atom. The lowest BCUT2D eigenvalue weighted by molar-refractivity contribution is 1.37. The minimum absolute atomic E-state index is 1.14. The van der Waals surface area contributed by atoms with Crippen LogP contribution in [0.25, 0.3) is 0 Å². The van der Waals surface area contributed by atoms with Crippen LogP contribution >= 0.6 is 0 Å². The zero-order valence-corrected chi connectivity index (χ0v) is 6.31. The molecule has 0 aliphatic heterocycles. The summed E-state index contributed by atoms with van der Waals surface area (Å²) >= 11 is 0. The molecule has 0 unspecified atom stereocenters. The van der Waals surface area contributed by atoms with E-state index in [9.17, 15) is 0 Å². The Bertz CT molecular complexity index is 161. The van der Waals surface area contributed by atoms with Gasteiger partial charge >= 0.3 is 0 Å². The van der Waals surface area contributed by atoms with Crippen LogP contribution < -0.4 is 0 Å². The monoisotopic (exact) mass is 130 g/mol. The van der Waals surface area contributed by atoms with E-state index in [1.54, 1.807) is 0 Å². The number of benzene rings is 1. The molecule has 4 radical (unpaired) electrons. The fourth-order valence-corrected chi connectivity index (χ4v) is 0.804. The van der Waals surface area contributed by atoms with E-state index in [4.69, 9.17) is 0 Å². The van der Waals surface area contributed by atoms with E-state index in [1.807, 2.05) is 38.1 Å². The zero-order chi connectivity index (χ0) is 7.40. The third kappa shape index (κ3) is 1.60. The summed E-state index contributed by atoms with van der Waals surface area (Å²) in [6, 6.07) is 8.13. The van der Waals surface area contributed by atoms with Gasteiger partial charge in [-0.05, 0) is 11.1 Å². The molecule has 0 N–H and O–H groups in total. The van der Waals surface area contributed by atoms with Gasteiger partial charge < -0.3 is 0 Å². The normalized spacial score (nSPS) is 9.80. The molecule has 0 heterocycles. The van der Waals surface area contributed by atoms with Gasteiger partial charge in [-0.2, -0.15) is 0 Å². The molecular weight excluding hydrogens is 120 g/mol. The van der Waals surface area contributed by atoms with Gasteiger partial charge in [0.15, 0.2) is 0 Å². The largest absolute Gasteiger partial charge is 0.0581 e. The molecular formula is C10H10. The second-order valence-electron chi connectivity index (χ2n) is 2.08. The Balaban J connectivity index is 2.80. The van der Waals surface area contributed by atoms with Crippen molar-refractivity contribution < 1.29 is 0 Å². The molecule has 0 heteroatoms. The fourth-order valence-electron chi connectivity index (χ4n) is 0.804. The zero-order valence-electron chi connectivity index (χ0n) is 6.31. The first-order chi connectivity index (χ1) is 4.86. The number of hydrogen-bond donors (Lipinski definition) is 0. The standard InChI is InChI=1S/C10H10/c1-3-9-5-7-10(4-2)8-6-9/h5-8H,1-2H3. The minimum Gasteiger partial charge on any atom is -0.0581 e. The summed E-state index contributed by atoms with van der Waals surface area (Å²) < 4.78 is 0. The quantitative estimate of drug-likeness (QED) is 0.577. The van der Waals surface area contributed by atoms with Gasteiger partial charge in [0.25, 0.3) is 0 Å². The van der Waals surface area contributed by atoms with Crippen molar-refractivity contribution in [2.24, 2.45) is 0 Å². The van der Waals surface area contributed by atoms with Crippen LogP contribution in [0.5, 0.6) is 0 Å². The van der Waals surface area contributed by atoms with Gasteiger partial charge in [-0.15, -0.1) is 0 Å². The average Bonchev–Trinajstić information content (AvgIpc) is 2.05. The highest BCUT2D eigenvalue weighted by atomic mass is 13.9. The van der Waals surface area contributed by atoms with Crippen LogP contribution in [-0.2, 0) is 0 Å². The topological polar surface area (TPSA) is 0 Å². The molecule has 0 nitrogen and oxygen atoms in total. The lowest BCUT2D eigenvalue weighted by Gasteiger charge is -1.96. The maximum Gasteiger partial charge on any atom is 0.0131 e. The molecule has 0 saturated heterocycles.